The molecule has 1 aliphatic rings. The second kappa shape index (κ2) is 7.68. The topological polar surface area (TPSA) is 91.2 Å². The Labute approximate surface area is 158 Å². The Balaban J connectivity index is 1.74. The smallest absolute Gasteiger partial charge is 0.351 e. The Hall–Kier alpha value is -2.41. The molecule has 1 aliphatic heterocycles. The maximum absolute atomic E-state index is 12.6. The minimum Gasteiger partial charge on any atom is -0.465 e. The van der Waals surface area contributed by atoms with E-state index in [0.717, 1.165) is 36.1 Å². The lowest BCUT2D eigenvalue weighted by atomic mass is 9.91. The van der Waals surface area contributed by atoms with Crippen LogP contribution < -0.4 is 5.69 Å². The summed E-state index contributed by atoms with van der Waals surface area (Å²) in [4.78, 5) is 29.3. The van der Waals surface area contributed by atoms with Gasteiger partial charge in [-0.2, -0.15) is 0 Å². The van der Waals surface area contributed by atoms with Gasteiger partial charge in [-0.25, -0.2) is 9.59 Å². The van der Waals surface area contributed by atoms with Crippen LogP contribution in [0.4, 0.5) is 0 Å². The zero-order chi connectivity index (χ0) is 19.7. The highest BCUT2D eigenvalue weighted by Gasteiger charge is 2.32. The van der Waals surface area contributed by atoms with E-state index in [1.807, 2.05) is 36.6 Å². The molecule has 27 heavy (non-hydrogen) atoms. The summed E-state index contributed by atoms with van der Waals surface area (Å²) in [6.45, 7) is 7.87. The Bertz CT molecular complexity index is 914. The van der Waals surface area contributed by atoms with Gasteiger partial charge in [-0.05, 0) is 43.9 Å². The van der Waals surface area contributed by atoms with Crippen molar-refractivity contribution in [3.63, 3.8) is 0 Å². The predicted molar refractivity (Wildman–Crippen MR) is 106 cm³/mol. The van der Waals surface area contributed by atoms with E-state index in [0.29, 0.717) is 6.42 Å². The van der Waals surface area contributed by atoms with Crippen molar-refractivity contribution in [1.82, 2.24) is 14.5 Å². The van der Waals surface area contributed by atoms with Crippen LogP contribution in [0.5, 0.6) is 0 Å². The van der Waals surface area contributed by atoms with E-state index in [4.69, 9.17) is 5.41 Å². The third-order valence-electron chi connectivity index (χ3n) is 5.65. The molecule has 0 amide bonds. The molecule has 7 heteroatoms. The molecular formula is C20H28N4O3. The molecule has 0 bridgehead atoms. The number of benzene rings is 1. The number of imidazole rings is 1. The molecular weight excluding hydrogens is 344 g/mol. The van der Waals surface area contributed by atoms with Gasteiger partial charge in [-0.15, -0.1) is 0 Å². The van der Waals surface area contributed by atoms with Gasteiger partial charge in [-0.3, -0.25) is 14.9 Å². The molecule has 7 nitrogen and oxygen atoms in total. The van der Waals surface area contributed by atoms with Crippen molar-refractivity contribution in [3.05, 3.63) is 34.2 Å². The average Bonchev–Trinajstić information content (AvgIpc) is 2.95. The molecule has 3 atom stereocenters. The maximum Gasteiger partial charge on any atom is 0.351 e. The van der Waals surface area contributed by atoms with Crippen LogP contribution in [0.2, 0.25) is 0 Å². The second-order valence-corrected chi connectivity index (χ2v) is 7.67. The van der Waals surface area contributed by atoms with Crippen molar-refractivity contribution in [3.8, 4) is 0 Å². The Morgan fingerprint density at radius 3 is 2.85 bits per heavy atom. The predicted octanol–water partition coefficient (Wildman–Crippen LogP) is 2.49. The lowest BCUT2D eigenvalue weighted by Gasteiger charge is -2.40. The first-order valence-electron chi connectivity index (χ1n) is 9.42. The number of carbonyl (C=O) groups is 1. The van der Waals surface area contributed by atoms with E-state index < -0.39 is 5.97 Å². The SMILES string of the molecule is COC(=O)C(=N)CC(C)N1CCC(n2c(=O)[nH]c3cc(C)ccc32)C(C)C1. The molecule has 1 fully saturated rings. The molecule has 0 aliphatic carbocycles. The van der Waals surface area contributed by atoms with Crippen LogP contribution in [0.3, 0.4) is 0 Å². The summed E-state index contributed by atoms with van der Waals surface area (Å²) >= 11 is 0. The highest BCUT2D eigenvalue weighted by molar-refractivity contribution is 6.35. The van der Waals surface area contributed by atoms with Crippen LogP contribution in [0, 0.1) is 18.3 Å². The summed E-state index contributed by atoms with van der Waals surface area (Å²) in [7, 11) is 1.30. The lowest BCUT2D eigenvalue weighted by Crippen LogP contribution is -2.46. The number of nitrogens with one attached hydrogen (secondary N) is 2. The van der Waals surface area contributed by atoms with Gasteiger partial charge < -0.3 is 9.72 Å². The number of aryl methyl sites for hydroxylation is 1. The number of carbonyl (C=O) groups excluding carboxylic acids is 1. The number of aromatic amines is 1. The summed E-state index contributed by atoms with van der Waals surface area (Å²) in [6, 6.07) is 6.28. The summed E-state index contributed by atoms with van der Waals surface area (Å²) in [5.41, 5.74) is 2.91. The Kier molecular flexibility index (Phi) is 5.51. The van der Waals surface area contributed by atoms with Crippen molar-refractivity contribution >= 4 is 22.7 Å². The molecule has 0 radical (unpaired) electrons. The van der Waals surface area contributed by atoms with Crippen LogP contribution in [-0.4, -0.2) is 52.4 Å². The molecule has 2 heterocycles. The first-order valence-corrected chi connectivity index (χ1v) is 9.42. The molecule has 1 aromatic carbocycles. The van der Waals surface area contributed by atoms with Crippen LogP contribution in [0.15, 0.2) is 23.0 Å². The number of ether oxygens (including phenoxy) is 1. The van der Waals surface area contributed by atoms with Gasteiger partial charge in [0, 0.05) is 31.6 Å². The number of likely N-dealkylation sites (tertiary alicyclic amines) is 1. The van der Waals surface area contributed by atoms with Crippen molar-refractivity contribution in [1.29, 1.82) is 5.41 Å². The second-order valence-electron chi connectivity index (χ2n) is 7.67. The van der Waals surface area contributed by atoms with Crippen LogP contribution in [0.25, 0.3) is 11.0 Å². The Morgan fingerprint density at radius 1 is 1.44 bits per heavy atom. The monoisotopic (exact) mass is 372 g/mol. The van der Waals surface area contributed by atoms with Crippen LogP contribution >= 0.6 is 0 Å². The first kappa shape index (κ1) is 19.4. The number of nitrogens with zero attached hydrogens (tertiary/aromatic N) is 2. The van der Waals surface area contributed by atoms with Gasteiger partial charge in [-0.1, -0.05) is 13.0 Å². The van der Waals surface area contributed by atoms with Gasteiger partial charge in [0.15, 0.2) is 0 Å². The van der Waals surface area contributed by atoms with Crippen molar-refractivity contribution in [2.45, 2.75) is 45.7 Å². The summed E-state index contributed by atoms with van der Waals surface area (Å²) in [5, 5.41) is 7.83. The highest BCUT2D eigenvalue weighted by Crippen LogP contribution is 2.31. The van der Waals surface area contributed by atoms with Crippen LogP contribution in [-0.2, 0) is 9.53 Å². The summed E-state index contributed by atoms with van der Waals surface area (Å²) in [5.74, 6) is -0.281. The quantitative estimate of drug-likeness (QED) is 0.623. The molecule has 2 aromatic rings. The molecule has 3 rings (SSSR count). The molecule has 0 spiro atoms. The maximum atomic E-state index is 12.6. The van der Waals surface area contributed by atoms with Crippen molar-refractivity contribution < 1.29 is 9.53 Å². The van der Waals surface area contributed by atoms with E-state index in [1.54, 1.807) is 0 Å². The Morgan fingerprint density at radius 2 is 2.19 bits per heavy atom. The van der Waals surface area contributed by atoms with E-state index in [2.05, 4.69) is 21.5 Å². The summed E-state index contributed by atoms with van der Waals surface area (Å²) < 4.78 is 6.53. The van der Waals surface area contributed by atoms with E-state index in [-0.39, 0.29) is 29.4 Å². The van der Waals surface area contributed by atoms with Crippen molar-refractivity contribution in [2.24, 2.45) is 5.92 Å². The normalized spacial score (nSPS) is 21.9. The largest absolute Gasteiger partial charge is 0.465 e. The van der Waals surface area contributed by atoms with Gasteiger partial charge in [0.25, 0.3) is 0 Å². The average molecular weight is 372 g/mol. The molecule has 3 unspecified atom stereocenters. The fourth-order valence-corrected chi connectivity index (χ4v) is 4.15. The number of piperidine rings is 1. The number of hydrogen-bond donors (Lipinski definition) is 2. The highest BCUT2D eigenvalue weighted by atomic mass is 16.5. The number of esters is 1. The minimum atomic E-state index is -0.564. The zero-order valence-electron chi connectivity index (χ0n) is 16.4. The van der Waals surface area contributed by atoms with Gasteiger partial charge >= 0.3 is 11.7 Å². The third kappa shape index (κ3) is 3.83. The summed E-state index contributed by atoms with van der Waals surface area (Å²) in [6.07, 6.45) is 1.23. The number of methoxy groups -OCH3 is 1. The van der Waals surface area contributed by atoms with E-state index in [9.17, 15) is 9.59 Å². The number of H-pyrrole nitrogens is 1. The molecule has 1 saturated heterocycles. The lowest BCUT2D eigenvalue weighted by molar-refractivity contribution is -0.133. The number of hydrogen-bond acceptors (Lipinski definition) is 5. The van der Waals surface area contributed by atoms with Gasteiger partial charge in [0.2, 0.25) is 0 Å². The molecule has 146 valence electrons. The standard InChI is InChI=1S/C20H28N4O3/c1-12-5-6-18-16(9-12)22-20(26)24(18)17-7-8-23(11-13(17)2)14(3)10-15(21)19(25)27-4/h5-6,9,13-14,17,21H,7-8,10-11H2,1-4H3,(H,22,26). The molecule has 2 N–H and O–H groups in total. The third-order valence-corrected chi connectivity index (χ3v) is 5.65. The molecule has 0 saturated carbocycles. The fourth-order valence-electron chi connectivity index (χ4n) is 4.15. The van der Waals surface area contributed by atoms with Gasteiger partial charge in [0.1, 0.15) is 5.71 Å². The number of rotatable bonds is 5. The number of aromatic nitrogens is 2. The van der Waals surface area contributed by atoms with Crippen LogP contribution in [0.1, 0.15) is 38.3 Å². The fraction of sp³-hybridized carbons (Fsp3) is 0.550. The first-order chi connectivity index (χ1) is 12.8. The minimum absolute atomic E-state index is 0.00277. The zero-order valence-corrected chi connectivity index (χ0v) is 16.4. The van der Waals surface area contributed by atoms with E-state index in [1.165, 1.54) is 7.11 Å². The van der Waals surface area contributed by atoms with E-state index >= 15 is 0 Å². The number of fused-ring (bicyclic) bond motifs is 1. The van der Waals surface area contributed by atoms with Crippen molar-refractivity contribution in [2.75, 3.05) is 20.2 Å². The van der Waals surface area contributed by atoms with Gasteiger partial charge in [0.05, 0.1) is 18.1 Å². The molecule has 1 aromatic heterocycles.